The first-order chi connectivity index (χ1) is 11.7. The molecule has 2 N–H and O–H groups in total. The second-order valence-corrected chi connectivity index (χ2v) is 5.61. The number of benzene rings is 3. The maximum absolute atomic E-state index is 12.3. The Kier molecular flexibility index (Phi) is 4.44. The largest absolute Gasteiger partial charge is 0.374 e. The summed E-state index contributed by atoms with van der Waals surface area (Å²) in [6.07, 6.45) is 0. The van der Waals surface area contributed by atoms with E-state index < -0.39 is 6.04 Å². The van der Waals surface area contributed by atoms with Gasteiger partial charge in [0.25, 0.3) is 0 Å². The Morgan fingerprint density at radius 1 is 0.958 bits per heavy atom. The molecule has 0 radical (unpaired) electrons. The van der Waals surface area contributed by atoms with Gasteiger partial charge in [-0.15, -0.1) is 0 Å². The summed E-state index contributed by atoms with van der Waals surface area (Å²) in [5.41, 5.74) is 2.02. The van der Waals surface area contributed by atoms with E-state index in [9.17, 15) is 4.79 Å². The maximum Gasteiger partial charge on any atom is 0.246 e. The van der Waals surface area contributed by atoms with Crippen molar-refractivity contribution in [2.45, 2.75) is 13.0 Å². The van der Waals surface area contributed by atoms with Gasteiger partial charge < -0.3 is 10.6 Å². The minimum atomic E-state index is -0.406. The number of hydrogen-bond acceptors (Lipinski definition) is 3. The highest BCUT2D eigenvalue weighted by Crippen LogP contribution is 2.19. The Labute approximate surface area is 140 Å². The molecule has 1 unspecified atom stereocenters. The van der Waals surface area contributed by atoms with Crippen LogP contribution >= 0.6 is 0 Å². The predicted molar refractivity (Wildman–Crippen MR) is 96.8 cm³/mol. The molecule has 0 saturated heterocycles. The lowest BCUT2D eigenvalue weighted by molar-refractivity contribution is -0.116. The van der Waals surface area contributed by atoms with Gasteiger partial charge in [0, 0.05) is 11.4 Å². The molecule has 0 fully saturated rings. The van der Waals surface area contributed by atoms with E-state index in [2.05, 4.69) is 22.8 Å². The summed E-state index contributed by atoms with van der Waals surface area (Å²) in [5, 5.41) is 17.2. The third-order valence-corrected chi connectivity index (χ3v) is 3.79. The lowest BCUT2D eigenvalue weighted by Gasteiger charge is -2.16. The van der Waals surface area contributed by atoms with Crippen LogP contribution in [0.15, 0.2) is 66.7 Å². The Hall–Kier alpha value is -3.32. The topological polar surface area (TPSA) is 64.9 Å². The zero-order chi connectivity index (χ0) is 16.9. The molecule has 4 nitrogen and oxygen atoms in total. The van der Waals surface area contributed by atoms with Crippen LogP contribution in [0.1, 0.15) is 12.5 Å². The maximum atomic E-state index is 12.3. The van der Waals surface area contributed by atoms with Crippen LogP contribution in [0.5, 0.6) is 0 Å². The van der Waals surface area contributed by atoms with Crippen molar-refractivity contribution in [3.63, 3.8) is 0 Å². The van der Waals surface area contributed by atoms with E-state index in [1.165, 1.54) is 0 Å². The molecule has 24 heavy (non-hydrogen) atoms. The summed E-state index contributed by atoms with van der Waals surface area (Å²) < 4.78 is 0. The molecule has 4 heteroatoms. The van der Waals surface area contributed by atoms with Crippen LogP contribution in [0.25, 0.3) is 10.8 Å². The van der Waals surface area contributed by atoms with Gasteiger partial charge in [-0.2, -0.15) is 5.26 Å². The van der Waals surface area contributed by atoms with Gasteiger partial charge in [-0.05, 0) is 48.0 Å². The fourth-order valence-electron chi connectivity index (χ4n) is 2.51. The van der Waals surface area contributed by atoms with Crippen LogP contribution in [-0.2, 0) is 4.79 Å². The van der Waals surface area contributed by atoms with Crippen LogP contribution in [0.3, 0.4) is 0 Å². The summed E-state index contributed by atoms with van der Waals surface area (Å²) in [6.45, 7) is 1.80. The molecule has 0 spiro atoms. The summed E-state index contributed by atoms with van der Waals surface area (Å²) in [6, 6.07) is 22.6. The van der Waals surface area contributed by atoms with Crippen molar-refractivity contribution in [1.29, 1.82) is 5.26 Å². The average molecular weight is 315 g/mol. The molecule has 3 rings (SSSR count). The van der Waals surface area contributed by atoms with Crippen LogP contribution < -0.4 is 10.6 Å². The lowest BCUT2D eigenvalue weighted by atomic mass is 10.1. The molecule has 0 heterocycles. The first-order valence-corrected chi connectivity index (χ1v) is 7.72. The number of nitrogens with one attached hydrogen (secondary N) is 2. The molecule has 0 aliphatic carbocycles. The molecule has 0 aliphatic rings. The van der Waals surface area contributed by atoms with Gasteiger partial charge in [0.15, 0.2) is 0 Å². The summed E-state index contributed by atoms with van der Waals surface area (Å²) in [7, 11) is 0. The normalized spacial score (nSPS) is 11.5. The quantitative estimate of drug-likeness (QED) is 0.760. The third kappa shape index (κ3) is 3.53. The Bertz CT molecular complexity index is 927. The van der Waals surface area contributed by atoms with Crippen molar-refractivity contribution in [3.05, 3.63) is 72.3 Å². The van der Waals surface area contributed by atoms with Gasteiger partial charge in [-0.3, -0.25) is 4.79 Å². The molecule has 0 bridgehead atoms. The van der Waals surface area contributed by atoms with Gasteiger partial charge in [0.2, 0.25) is 5.91 Å². The van der Waals surface area contributed by atoms with Gasteiger partial charge >= 0.3 is 0 Å². The van der Waals surface area contributed by atoms with Gasteiger partial charge in [0.1, 0.15) is 6.04 Å². The van der Waals surface area contributed by atoms with Crippen molar-refractivity contribution in [2.24, 2.45) is 0 Å². The number of amides is 1. The number of hydrogen-bond donors (Lipinski definition) is 2. The molecular weight excluding hydrogens is 298 g/mol. The highest BCUT2D eigenvalue weighted by molar-refractivity contribution is 5.96. The van der Waals surface area contributed by atoms with E-state index in [1.807, 2.05) is 36.4 Å². The Morgan fingerprint density at radius 2 is 1.75 bits per heavy atom. The summed E-state index contributed by atoms with van der Waals surface area (Å²) in [4.78, 5) is 12.3. The molecule has 118 valence electrons. The van der Waals surface area contributed by atoms with Crippen LogP contribution in [0.2, 0.25) is 0 Å². The first kappa shape index (κ1) is 15.6. The molecule has 0 aliphatic heterocycles. The molecule has 0 saturated carbocycles. The van der Waals surface area contributed by atoms with E-state index in [-0.39, 0.29) is 5.91 Å². The number of anilines is 2. The minimum absolute atomic E-state index is 0.154. The molecule has 1 atom stereocenters. The van der Waals surface area contributed by atoms with E-state index in [0.29, 0.717) is 11.3 Å². The molecule has 3 aromatic carbocycles. The number of rotatable bonds is 4. The number of fused-ring (bicyclic) bond motifs is 1. The number of carbonyl (C=O) groups excluding carboxylic acids is 1. The zero-order valence-corrected chi connectivity index (χ0v) is 13.3. The highest BCUT2D eigenvalue weighted by Gasteiger charge is 2.13. The first-order valence-electron chi connectivity index (χ1n) is 7.72. The number of nitriles is 1. The molecule has 3 aromatic rings. The summed E-state index contributed by atoms with van der Waals surface area (Å²) >= 11 is 0. The van der Waals surface area contributed by atoms with E-state index in [0.717, 1.165) is 16.5 Å². The predicted octanol–water partition coefficient (Wildman–Crippen LogP) is 4.15. The van der Waals surface area contributed by atoms with Crippen molar-refractivity contribution < 1.29 is 4.79 Å². The molecular formula is C20H17N3O. The van der Waals surface area contributed by atoms with Crippen molar-refractivity contribution in [1.82, 2.24) is 0 Å². The molecule has 0 aromatic heterocycles. The van der Waals surface area contributed by atoms with E-state index in [1.54, 1.807) is 31.2 Å². The van der Waals surface area contributed by atoms with Crippen LogP contribution in [0.4, 0.5) is 11.4 Å². The Balaban J connectivity index is 1.69. The fourth-order valence-corrected chi connectivity index (χ4v) is 2.51. The standard InChI is InChI=1S/C20H17N3O/c1-14(20(24)23-18-8-4-5-15(11-18)13-21)22-19-10-9-16-6-2-3-7-17(16)12-19/h2-12,14,22H,1H3,(H,23,24). The van der Waals surface area contributed by atoms with E-state index in [4.69, 9.17) is 5.26 Å². The fraction of sp³-hybridized carbons (Fsp3) is 0.100. The van der Waals surface area contributed by atoms with Crippen molar-refractivity contribution in [3.8, 4) is 6.07 Å². The monoisotopic (exact) mass is 315 g/mol. The van der Waals surface area contributed by atoms with Crippen molar-refractivity contribution in [2.75, 3.05) is 10.6 Å². The Morgan fingerprint density at radius 3 is 2.54 bits per heavy atom. The smallest absolute Gasteiger partial charge is 0.246 e. The summed E-state index contributed by atoms with van der Waals surface area (Å²) in [5.74, 6) is -0.154. The number of carbonyl (C=O) groups is 1. The van der Waals surface area contributed by atoms with Crippen LogP contribution in [0, 0.1) is 11.3 Å². The SMILES string of the molecule is CC(Nc1ccc2ccccc2c1)C(=O)Nc1cccc(C#N)c1. The van der Waals surface area contributed by atoms with Gasteiger partial charge in [-0.25, -0.2) is 0 Å². The second kappa shape index (κ2) is 6.84. The minimum Gasteiger partial charge on any atom is -0.374 e. The number of nitrogens with zero attached hydrogens (tertiary/aromatic N) is 1. The molecule has 1 amide bonds. The van der Waals surface area contributed by atoms with Crippen molar-refractivity contribution >= 4 is 28.1 Å². The lowest BCUT2D eigenvalue weighted by Crippen LogP contribution is -2.31. The van der Waals surface area contributed by atoms with Gasteiger partial charge in [0.05, 0.1) is 11.6 Å². The highest BCUT2D eigenvalue weighted by atomic mass is 16.2. The average Bonchev–Trinajstić information content (AvgIpc) is 2.61. The third-order valence-electron chi connectivity index (χ3n) is 3.79. The zero-order valence-electron chi connectivity index (χ0n) is 13.3. The second-order valence-electron chi connectivity index (χ2n) is 5.61. The van der Waals surface area contributed by atoms with Gasteiger partial charge in [-0.1, -0.05) is 36.4 Å². The van der Waals surface area contributed by atoms with E-state index >= 15 is 0 Å². The van der Waals surface area contributed by atoms with Crippen LogP contribution in [-0.4, -0.2) is 11.9 Å².